The molecule has 0 saturated heterocycles. The second-order valence-electron chi connectivity index (χ2n) is 6.86. The minimum absolute atomic E-state index is 0.171. The molecule has 3 rings (SSSR count). The third-order valence-electron chi connectivity index (χ3n) is 5.15. The minimum atomic E-state index is -1.03. The van der Waals surface area contributed by atoms with Crippen molar-refractivity contribution in [1.82, 2.24) is 5.32 Å². The van der Waals surface area contributed by atoms with Gasteiger partial charge in [-0.1, -0.05) is 12.2 Å². The largest absolute Gasteiger partial charge is 0.493 e. The number of fused-ring (bicyclic) bond motifs is 2. The molecule has 0 bridgehead atoms. The molecule has 2 aliphatic rings. The fraction of sp³-hybridized carbons (Fsp3) is 0.364. The van der Waals surface area contributed by atoms with Gasteiger partial charge >= 0.3 is 0 Å². The zero-order chi connectivity index (χ0) is 21.1. The maximum atomic E-state index is 11.8. The number of benzene rings is 1. The summed E-state index contributed by atoms with van der Waals surface area (Å²) in [6.45, 7) is 1.46. The maximum absolute atomic E-state index is 11.8. The SMILES string of the molecule is COc1cc2c(c(OC)c1OC)C1=C(C=C(C#N)[C@@H](O)C=C1)[C@@H](NC(C)=O)CC2. The first-order valence-corrected chi connectivity index (χ1v) is 9.26. The van der Waals surface area contributed by atoms with Gasteiger partial charge in [-0.2, -0.15) is 5.26 Å². The smallest absolute Gasteiger partial charge is 0.217 e. The van der Waals surface area contributed by atoms with Crippen LogP contribution in [0.2, 0.25) is 0 Å². The Morgan fingerprint density at radius 3 is 2.55 bits per heavy atom. The number of nitriles is 1. The molecular weight excluding hydrogens is 372 g/mol. The van der Waals surface area contributed by atoms with Crippen molar-refractivity contribution in [1.29, 1.82) is 5.26 Å². The van der Waals surface area contributed by atoms with Gasteiger partial charge in [-0.3, -0.25) is 4.79 Å². The number of aryl methyl sites for hydroxylation is 1. The third-order valence-corrected chi connectivity index (χ3v) is 5.15. The van der Waals surface area contributed by atoms with Gasteiger partial charge in [0.25, 0.3) is 0 Å². The number of hydrogen-bond donors (Lipinski definition) is 2. The summed E-state index contributed by atoms with van der Waals surface area (Å²) in [5, 5.41) is 22.8. The summed E-state index contributed by atoms with van der Waals surface area (Å²) in [5.74, 6) is 1.34. The number of aliphatic hydroxyl groups excluding tert-OH is 1. The number of amides is 1. The lowest BCUT2D eigenvalue weighted by Gasteiger charge is -2.21. The molecule has 7 heteroatoms. The molecule has 0 aliphatic heterocycles. The van der Waals surface area contributed by atoms with E-state index in [2.05, 4.69) is 11.4 Å². The van der Waals surface area contributed by atoms with Crippen LogP contribution in [-0.4, -0.2) is 44.5 Å². The summed E-state index contributed by atoms with van der Waals surface area (Å²) >= 11 is 0. The first-order chi connectivity index (χ1) is 13.9. The summed E-state index contributed by atoms with van der Waals surface area (Å²) in [6, 6.07) is 3.63. The van der Waals surface area contributed by atoms with Crippen LogP contribution in [0.15, 0.2) is 35.4 Å². The number of nitrogens with zero attached hydrogens (tertiary/aromatic N) is 1. The summed E-state index contributed by atoms with van der Waals surface area (Å²) in [5.41, 5.74) is 3.48. The number of rotatable bonds is 4. The number of aliphatic hydroxyl groups is 1. The average Bonchev–Trinajstić information content (AvgIpc) is 2.95. The summed E-state index contributed by atoms with van der Waals surface area (Å²) in [4.78, 5) is 11.8. The van der Waals surface area contributed by atoms with E-state index in [1.807, 2.05) is 6.07 Å². The van der Waals surface area contributed by atoms with Gasteiger partial charge in [0.15, 0.2) is 11.5 Å². The van der Waals surface area contributed by atoms with Crippen molar-refractivity contribution in [2.45, 2.75) is 31.9 Å². The number of nitrogens with one attached hydrogen (secondary N) is 1. The molecule has 1 aromatic rings. The standard InChI is InChI=1S/C22H24N2O5/c1-12(25)24-17-7-5-13-10-19(27-2)21(28-3)22(29-4)20(13)15-6-8-18(26)14(11-23)9-16(15)17/h6,8-10,17-18,26H,5,7H2,1-4H3,(H,24,25)/t17-,18-/m0/s1. The van der Waals surface area contributed by atoms with Gasteiger partial charge < -0.3 is 24.6 Å². The second kappa shape index (κ2) is 8.41. The van der Waals surface area contributed by atoms with E-state index in [0.29, 0.717) is 30.1 Å². The Morgan fingerprint density at radius 1 is 1.24 bits per heavy atom. The second-order valence-corrected chi connectivity index (χ2v) is 6.86. The van der Waals surface area contributed by atoms with Crippen molar-refractivity contribution in [3.63, 3.8) is 0 Å². The molecule has 0 fully saturated rings. The van der Waals surface area contributed by atoms with Crippen LogP contribution in [0.3, 0.4) is 0 Å². The van der Waals surface area contributed by atoms with Crippen LogP contribution in [0.5, 0.6) is 17.2 Å². The minimum Gasteiger partial charge on any atom is -0.493 e. The van der Waals surface area contributed by atoms with Crippen LogP contribution in [0.4, 0.5) is 0 Å². The van der Waals surface area contributed by atoms with Crippen molar-refractivity contribution < 1.29 is 24.1 Å². The molecule has 7 nitrogen and oxygen atoms in total. The lowest BCUT2D eigenvalue weighted by molar-refractivity contribution is -0.119. The molecule has 1 amide bonds. The molecule has 1 aromatic carbocycles. The first-order valence-electron chi connectivity index (χ1n) is 9.26. The van der Waals surface area contributed by atoms with Gasteiger partial charge in [0.05, 0.1) is 39.0 Å². The zero-order valence-corrected chi connectivity index (χ0v) is 16.9. The highest BCUT2D eigenvalue weighted by molar-refractivity contribution is 5.89. The van der Waals surface area contributed by atoms with Gasteiger partial charge in [-0.25, -0.2) is 0 Å². The fourth-order valence-electron chi connectivity index (χ4n) is 3.88. The topological polar surface area (TPSA) is 101 Å². The van der Waals surface area contributed by atoms with E-state index < -0.39 is 6.10 Å². The van der Waals surface area contributed by atoms with E-state index in [9.17, 15) is 15.2 Å². The van der Waals surface area contributed by atoms with Gasteiger partial charge in [-0.15, -0.1) is 0 Å². The van der Waals surface area contributed by atoms with E-state index in [0.717, 1.165) is 22.3 Å². The van der Waals surface area contributed by atoms with E-state index in [1.165, 1.54) is 6.92 Å². The van der Waals surface area contributed by atoms with Crippen molar-refractivity contribution in [2.75, 3.05) is 21.3 Å². The van der Waals surface area contributed by atoms with Crippen molar-refractivity contribution in [2.24, 2.45) is 0 Å². The monoisotopic (exact) mass is 396 g/mol. The van der Waals surface area contributed by atoms with Crippen molar-refractivity contribution in [3.8, 4) is 23.3 Å². The van der Waals surface area contributed by atoms with Crippen molar-refractivity contribution in [3.05, 3.63) is 46.6 Å². The molecule has 152 valence electrons. The molecule has 2 aliphatic carbocycles. The predicted octanol–water partition coefficient (Wildman–Crippen LogP) is 2.30. The number of carbonyl (C=O) groups is 1. The molecule has 2 N–H and O–H groups in total. The number of hydrogen-bond acceptors (Lipinski definition) is 6. The Bertz CT molecular complexity index is 968. The quantitative estimate of drug-likeness (QED) is 0.810. The Hall–Kier alpha value is -3.24. The van der Waals surface area contributed by atoms with Crippen LogP contribution >= 0.6 is 0 Å². The molecule has 2 atom stereocenters. The highest BCUT2D eigenvalue weighted by atomic mass is 16.5. The van der Waals surface area contributed by atoms with E-state index in [4.69, 9.17) is 14.2 Å². The molecule has 0 heterocycles. The number of allylic oxidation sites excluding steroid dienone is 2. The van der Waals surface area contributed by atoms with E-state index >= 15 is 0 Å². The van der Waals surface area contributed by atoms with Gasteiger partial charge in [-0.05, 0) is 41.7 Å². The Morgan fingerprint density at radius 2 is 1.97 bits per heavy atom. The maximum Gasteiger partial charge on any atom is 0.217 e. The van der Waals surface area contributed by atoms with Gasteiger partial charge in [0.2, 0.25) is 11.7 Å². The van der Waals surface area contributed by atoms with E-state index in [-0.39, 0.29) is 17.5 Å². The number of ether oxygens (including phenoxy) is 3. The van der Waals surface area contributed by atoms with Crippen LogP contribution in [-0.2, 0) is 11.2 Å². The molecule has 0 unspecified atom stereocenters. The van der Waals surface area contributed by atoms with Gasteiger partial charge in [0.1, 0.15) is 6.10 Å². The molecule has 29 heavy (non-hydrogen) atoms. The number of methoxy groups -OCH3 is 3. The Balaban J connectivity index is 2.37. The average molecular weight is 396 g/mol. The normalized spacial score (nSPS) is 20.3. The lowest BCUT2D eigenvalue weighted by atomic mass is 9.93. The van der Waals surface area contributed by atoms with Gasteiger partial charge in [0, 0.05) is 12.5 Å². The Kier molecular flexibility index (Phi) is 5.95. The molecule has 0 aromatic heterocycles. The fourth-order valence-corrected chi connectivity index (χ4v) is 3.88. The third kappa shape index (κ3) is 3.71. The summed E-state index contributed by atoms with van der Waals surface area (Å²) in [7, 11) is 4.66. The molecule has 0 saturated carbocycles. The highest BCUT2D eigenvalue weighted by Gasteiger charge is 2.31. The first kappa shape index (κ1) is 20.5. The summed E-state index contributed by atoms with van der Waals surface area (Å²) < 4.78 is 16.7. The number of carbonyl (C=O) groups excluding carboxylic acids is 1. The highest BCUT2D eigenvalue weighted by Crippen LogP contribution is 2.48. The molecule has 0 radical (unpaired) electrons. The predicted molar refractivity (Wildman–Crippen MR) is 108 cm³/mol. The van der Waals surface area contributed by atoms with Crippen LogP contribution in [0, 0.1) is 11.3 Å². The van der Waals surface area contributed by atoms with Crippen molar-refractivity contribution >= 4 is 11.5 Å². The van der Waals surface area contributed by atoms with Crippen LogP contribution < -0.4 is 19.5 Å². The molecule has 0 spiro atoms. The summed E-state index contributed by atoms with van der Waals surface area (Å²) in [6.07, 6.45) is 5.23. The van der Waals surface area contributed by atoms with Crippen LogP contribution in [0.25, 0.3) is 5.57 Å². The van der Waals surface area contributed by atoms with E-state index in [1.54, 1.807) is 39.6 Å². The molecular formula is C22H24N2O5. The van der Waals surface area contributed by atoms with Crippen LogP contribution in [0.1, 0.15) is 24.5 Å². The lowest BCUT2D eigenvalue weighted by Crippen LogP contribution is -2.34. The Labute approximate surface area is 169 Å². The zero-order valence-electron chi connectivity index (χ0n) is 16.9.